The number of aromatic nitrogens is 3. The number of hydrogen-bond acceptors (Lipinski definition) is 4. The van der Waals surface area contributed by atoms with E-state index >= 15 is 0 Å². The number of hydrogen-bond donors (Lipinski definition) is 0. The summed E-state index contributed by atoms with van der Waals surface area (Å²) in [5.41, 5.74) is 0.752. The Kier molecular flexibility index (Phi) is 3.83. The van der Waals surface area contributed by atoms with Gasteiger partial charge in [0, 0.05) is 18.1 Å². The molecule has 0 N–H and O–H groups in total. The van der Waals surface area contributed by atoms with Crippen LogP contribution in [0.3, 0.4) is 0 Å². The predicted molar refractivity (Wildman–Crippen MR) is 84.2 cm³/mol. The largest absolute Gasteiger partial charge is 0.460 e. The highest BCUT2D eigenvalue weighted by molar-refractivity contribution is 5.77. The highest BCUT2D eigenvalue weighted by Crippen LogP contribution is 2.24. The number of piperidine rings is 1. The maximum absolute atomic E-state index is 13.2. The van der Waals surface area contributed by atoms with Crippen LogP contribution in [0.4, 0.5) is 4.39 Å². The first-order valence-corrected chi connectivity index (χ1v) is 8.01. The van der Waals surface area contributed by atoms with E-state index in [1.165, 1.54) is 12.1 Å². The van der Waals surface area contributed by atoms with E-state index in [1.54, 1.807) is 12.3 Å². The van der Waals surface area contributed by atoms with Crippen molar-refractivity contribution in [2.45, 2.75) is 25.9 Å². The van der Waals surface area contributed by atoms with Gasteiger partial charge < -0.3 is 4.42 Å². The van der Waals surface area contributed by atoms with Crippen molar-refractivity contribution in [1.29, 1.82) is 0 Å². The molecule has 120 valence electrons. The third-order valence-electron chi connectivity index (χ3n) is 4.53. The Morgan fingerprint density at radius 3 is 2.87 bits per heavy atom. The molecule has 1 aliphatic heterocycles. The molecule has 2 aromatic heterocycles. The molecule has 0 bridgehead atoms. The molecule has 1 fully saturated rings. The Balaban J connectivity index is 1.35. The average Bonchev–Trinajstić information content (AvgIpc) is 3.18. The fraction of sp³-hybridized carbons (Fsp3) is 0.412. The van der Waals surface area contributed by atoms with Crippen molar-refractivity contribution in [1.82, 2.24) is 19.9 Å². The zero-order chi connectivity index (χ0) is 15.6. The fourth-order valence-electron chi connectivity index (χ4n) is 3.29. The zero-order valence-corrected chi connectivity index (χ0v) is 12.9. The first-order chi connectivity index (χ1) is 11.3. The van der Waals surface area contributed by atoms with Crippen LogP contribution in [0, 0.1) is 11.7 Å². The van der Waals surface area contributed by atoms with Crippen molar-refractivity contribution in [3.8, 4) is 0 Å². The molecule has 5 nitrogen and oxygen atoms in total. The summed E-state index contributed by atoms with van der Waals surface area (Å²) in [6, 6.07) is 6.59. The van der Waals surface area contributed by atoms with Crippen LogP contribution in [0.15, 0.2) is 41.1 Å². The summed E-state index contributed by atoms with van der Waals surface area (Å²) in [7, 11) is 0. The lowest BCUT2D eigenvalue weighted by atomic mass is 9.97. The van der Waals surface area contributed by atoms with Crippen molar-refractivity contribution >= 4 is 11.0 Å². The molecule has 0 radical (unpaired) electrons. The van der Waals surface area contributed by atoms with Crippen LogP contribution < -0.4 is 0 Å². The Morgan fingerprint density at radius 2 is 2.09 bits per heavy atom. The SMILES string of the molecule is Fc1ccc2oc(CN3CCC(Cn4ccnn4)CC3)cc2c1. The van der Waals surface area contributed by atoms with Crippen LogP contribution >= 0.6 is 0 Å². The standard InChI is InChI=1S/C17H19FN4O/c18-15-1-2-17-14(9-15)10-16(23-17)12-21-6-3-13(4-7-21)11-22-8-5-19-20-22/h1-2,5,8-10,13H,3-4,6-7,11-12H2. The molecule has 0 saturated carbocycles. The third kappa shape index (κ3) is 3.27. The number of furan rings is 1. The van der Waals surface area contributed by atoms with E-state index in [2.05, 4.69) is 15.2 Å². The van der Waals surface area contributed by atoms with Gasteiger partial charge in [-0.25, -0.2) is 4.39 Å². The molecule has 23 heavy (non-hydrogen) atoms. The molecule has 0 atom stereocenters. The average molecular weight is 314 g/mol. The number of rotatable bonds is 4. The zero-order valence-electron chi connectivity index (χ0n) is 12.9. The van der Waals surface area contributed by atoms with Gasteiger partial charge in [0.25, 0.3) is 0 Å². The minimum Gasteiger partial charge on any atom is -0.460 e. The summed E-state index contributed by atoms with van der Waals surface area (Å²) in [4.78, 5) is 2.39. The summed E-state index contributed by atoms with van der Waals surface area (Å²) < 4.78 is 21.0. The highest BCUT2D eigenvalue weighted by atomic mass is 19.1. The molecule has 1 aliphatic rings. The van der Waals surface area contributed by atoms with E-state index in [-0.39, 0.29) is 5.82 Å². The van der Waals surface area contributed by atoms with Crippen LogP contribution in [-0.2, 0) is 13.1 Å². The lowest BCUT2D eigenvalue weighted by molar-refractivity contribution is 0.156. The molecule has 0 aliphatic carbocycles. The summed E-state index contributed by atoms with van der Waals surface area (Å²) >= 11 is 0. The van der Waals surface area contributed by atoms with Gasteiger partial charge in [-0.05, 0) is 56.1 Å². The smallest absolute Gasteiger partial charge is 0.134 e. The van der Waals surface area contributed by atoms with E-state index < -0.39 is 0 Å². The third-order valence-corrected chi connectivity index (χ3v) is 4.53. The van der Waals surface area contributed by atoms with Crippen LogP contribution in [0.5, 0.6) is 0 Å². The molecule has 3 heterocycles. The van der Waals surface area contributed by atoms with Gasteiger partial charge in [-0.15, -0.1) is 5.10 Å². The molecule has 1 aromatic carbocycles. The van der Waals surface area contributed by atoms with Crippen molar-refractivity contribution in [2.75, 3.05) is 13.1 Å². The minimum atomic E-state index is -0.223. The summed E-state index contributed by atoms with van der Waals surface area (Å²) in [6.07, 6.45) is 5.93. The second kappa shape index (κ2) is 6.12. The molecule has 0 unspecified atom stereocenters. The van der Waals surface area contributed by atoms with Crippen LogP contribution in [0.25, 0.3) is 11.0 Å². The van der Waals surface area contributed by atoms with Crippen LogP contribution in [-0.4, -0.2) is 33.0 Å². The van der Waals surface area contributed by atoms with Crippen molar-refractivity contribution in [2.24, 2.45) is 5.92 Å². The quantitative estimate of drug-likeness (QED) is 0.742. The van der Waals surface area contributed by atoms with Crippen LogP contribution in [0.2, 0.25) is 0 Å². The summed E-state index contributed by atoms with van der Waals surface area (Å²) in [5, 5.41) is 8.72. The number of benzene rings is 1. The number of likely N-dealkylation sites (tertiary alicyclic amines) is 1. The van der Waals surface area contributed by atoms with E-state index in [0.29, 0.717) is 5.92 Å². The topological polar surface area (TPSA) is 47.1 Å². The van der Waals surface area contributed by atoms with Crippen LogP contribution in [0.1, 0.15) is 18.6 Å². The van der Waals surface area contributed by atoms with Gasteiger partial charge in [0.15, 0.2) is 0 Å². The Bertz CT molecular complexity index is 775. The highest BCUT2D eigenvalue weighted by Gasteiger charge is 2.20. The number of nitrogens with zero attached hydrogens (tertiary/aromatic N) is 4. The van der Waals surface area contributed by atoms with Gasteiger partial charge in [-0.3, -0.25) is 9.58 Å². The Hall–Kier alpha value is -2.21. The maximum Gasteiger partial charge on any atom is 0.134 e. The van der Waals surface area contributed by atoms with Gasteiger partial charge >= 0.3 is 0 Å². The molecule has 0 spiro atoms. The second-order valence-electron chi connectivity index (χ2n) is 6.24. The molecule has 4 rings (SSSR count). The van der Waals surface area contributed by atoms with E-state index in [0.717, 1.165) is 55.8 Å². The first-order valence-electron chi connectivity index (χ1n) is 8.01. The molecule has 6 heteroatoms. The van der Waals surface area contributed by atoms with Gasteiger partial charge in [0.05, 0.1) is 12.7 Å². The molecule has 1 saturated heterocycles. The minimum absolute atomic E-state index is 0.223. The monoisotopic (exact) mass is 314 g/mol. The summed E-state index contributed by atoms with van der Waals surface area (Å²) in [5.74, 6) is 1.33. The van der Waals surface area contributed by atoms with Crippen molar-refractivity contribution in [3.05, 3.63) is 48.2 Å². The van der Waals surface area contributed by atoms with Gasteiger partial charge in [0.2, 0.25) is 0 Å². The molecular formula is C17H19FN4O. The molecule has 0 amide bonds. The second-order valence-corrected chi connectivity index (χ2v) is 6.24. The van der Waals surface area contributed by atoms with E-state index in [9.17, 15) is 4.39 Å². The maximum atomic E-state index is 13.2. The van der Waals surface area contributed by atoms with Gasteiger partial charge in [0.1, 0.15) is 17.2 Å². The van der Waals surface area contributed by atoms with E-state index in [1.807, 2.05) is 16.9 Å². The number of fused-ring (bicyclic) bond motifs is 1. The lowest BCUT2D eigenvalue weighted by Gasteiger charge is -2.31. The summed E-state index contributed by atoms with van der Waals surface area (Å²) in [6.45, 7) is 3.82. The number of halogens is 1. The fourth-order valence-corrected chi connectivity index (χ4v) is 3.29. The van der Waals surface area contributed by atoms with Crippen molar-refractivity contribution < 1.29 is 8.81 Å². The lowest BCUT2D eigenvalue weighted by Crippen LogP contribution is -2.34. The first kappa shape index (κ1) is 14.4. The molecular weight excluding hydrogens is 295 g/mol. The molecule has 3 aromatic rings. The Morgan fingerprint density at radius 1 is 1.22 bits per heavy atom. The van der Waals surface area contributed by atoms with Gasteiger partial charge in [-0.2, -0.15) is 0 Å². The van der Waals surface area contributed by atoms with Gasteiger partial charge in [-0.1, -0.05) is 5.21 Å². The predicted octanol–water partition coefficient (Wildman–Crippen LogP) is 3.08. The van der Waals surface area contributed by atoms with E-state index in [4.69, 9.17) is 4.42 Å². The Labute approximate surface area is 133 Å². The normalized spacial score (nSPS) is 17.1. The van der Waals surface area contributed by atoms with Crippen molar-refractivity contribution in [3.63, 3.8) is 0 Å².